The van der Waals surface area contributed by atoms with Gasteiger partial charge in [-0.2, -0.15) is 0 Å². The second-order valence-electron chi connectivity index (χ2n) is 15.0. The van der Waals surface area contributed by atoms with E-state index in [-0.39, 0.29) is 48.5 Å². The summed E-state index contributed by atoms with van der Waals surface area (Å²) in [4.78, 5) is 42.0. The van der Waals surface area contributed by atoms with Crippen LogP contribution in [0.25, 0.3) is 0 Å². The summed E-state index contributed by atoms with van der Waals surface area (Å²) < 4.78 is 0. The van der Waals surface area contributed by atoms with Gasteiger partial charge in [0.05, 0.1) is 12.8 Å². The molecule has 11 nitrogen and oxygen atoms in total. The Bertz CT molecular complexity index is 833. The molecule has 0 heterocycles. The van der Waals surface area contributed by atoms with E-state index >= 15 is 0 Å². The highest BCUT2D eigenvalue weighted by atomic mass is 16.4. The van der Waals surface area contributed by atoms with Crippen molar-refractivity contribution in [3.63, 3.8) is 0 Å². The number of rotatable bonds is 20. The summed E-state index contributed by atoms with van der Waals surface area (Å²) in [6.45, 7) is 20.0. The molecule has 0 saturated heterocycles. The Hall–Kier alpha value is -2.08. The lowest BCUT2D eigenvalue weighted by atomic mass is 9.80. The normalized spacial score (nSPS) is 20.1. The van der Waals surface area contributed by atoms with Gasteiger partial charge in [-0.15, -0.1) is 0 Å². The molecular formula is C37H76N4O7. The van der Waals surface area contributed by atoms with Crippen LogP contribution >= 0.6 is 0 Å². The summed E-state index contributed by atoms with van der Waals surface area (Å²) >= 11 is 0. The van der Waals surface area contributed by atoms with E-state index in [0.717, 1.165) is 69.6 Å². The first-order chi connectivity index (χ1) is 22.2. The molecule has 0 aromatic rings. The van der Waals surface area contributed by atoms with Crippen molar-refractivity contribution in [1.29, 1.82) is 0 Å². The van der Waals surface area contributed by atoms with Gasteiger partial charge >= 0.3 is 17.9 Å². The summed E-state index contributed by atoms with van der Waals surface area (Å²) in [6, 6.07) is -0.357. The second-order valence-corrected chi connectivity index (χ2v) is 15.0. The number of carbonyl (C=O) groups excluding carboxylic acids is 1. The fourth-order valence-corrected chi connectivity index (χ4v) is 6.43. The third-order valence-corrected chi connectivity index (χ3v) is 9.53. The summed E-state index contributed by atoms with van der Waals surface area (Å²) in [5, 5.41) is 25.4. The zero-order valence-electron chi connectivity index (χ0n) is 32.0. The molecule has 0 aromatic heterocycles. The molecule has 1 aliphatic rings. The average Bonchev–Trinajstić information content (AvgIpc) is 3.24. The first kappa shape index (κ1) is 50.3. The van der Waals surface area contributed by atoms with Gasteiger partial charge in [0.15, 0.2) is 0 Å². The van der Waals surface area contributed by atoms with Crippen LogP contribution in [0.2, 0.25) is 0 Å². The maximum Gasteiger partial charge on any atom is 0.304 e. The van der Waals surface area contributed by atoms with E-state index in [0.29, 0.717) is 37.3 Å². The zero-order chi connectivity index (χ0) is 38.0. The highest BCUT2D eigenvalue weighted by molar-refractivity contribution is 5.76. The van der Waals surface area contributed by atoms with Gasteiger partial charge in [0.1, 0.15) is 5.78 Å². The maximum atomic E-state index is 11.1. The standard InChI is InChI=1S/C11H21NO.C10H21NO2.2C8H17NO2/c1-8-4-11(7-12,5-9(8)2)6-10(3)13;1-3-4-8(2)5-9(7-11)6-10(12)13;2*1-3-6(2)4-7(9)5-8(10)11/h8-9H,4-7,12H2,1-3H3;8-9H,3-7,11H2,1-2H3,(H,12,13);2*6-7H,3-5,9H2,1-2H3,(H,10,11)/t8-,9-;8-,9+;2*6-,7+/m0111/s1. The third-order valence-electron chi connectivity index (χ3n) is 9.53. The van der Waals surface area contributed by atoms with Crippen molar-refractivity contribution < 1.29 is 34.5 Å². The highest BCUT2D eigenvalue weighted by Gasteiger charge is 2.41. The molecule has 0 aliphatic heterocycles. The molecule has 11 heteroatoms. The fraction of sp³-hybridized carbons (Fsp3) is 0.892. The van der Waals surface area contributed by atoms with Gasteiger partial charge in [-0.25, -0.2) is 0 Å². The number of Topliss-reactive ketones (excluding diaryl/α,β-unsaturated/α-hetero) is 1. The van der Waals surface area contributed by atoms with Gasteiger partial charge in [0.2, 0.25) is 0 Å². The number of carboxylic acid groups (broad SMARTS) is 3. The van der Waals surface area contributed by atoms with Gasteiger partial charge in [-0.3, -0.25) is 14.4 Å². The molecule has 11 N–H and O–H groups in total. The van der Waals surface area contributed by atoms with Crippen molar-refractivity contribution in [3.05, 3.63) is 0 Å². The lowest BCUT2D eigenvalue weighted by molar-refractivity contribution is -0.139. The Morgan fingerprint density at radius 2 is 1.10 bits per heavy atom. The minimum Gasteiger partial charge on any atom is -0.481 e. The number of nitrogens with two attached hydrogens (primary N) is 4. The largest absolute Gasteiger partial charge is 0.481 e. The molecule has 0 amide bonds. The number of hydrogen-bond donors (Lipinski definition) is 7. The van der Waals surface area contributed by atoms with Crippen LogP contribution in [0.5, 0.6) is 0 Å². The predicted molar refractivity (Wildman–Crippen MR) is 196 cm³/mol. The second kappa shape index (κ2) is 28.7. The molecule has 8 atom stereocenters. The lowest BCUT2D eigenvalue weighted by Gasteiger charge is -2.26. The number of carbonyl (C=O) groups is 4. The van der Waals surface area contributed by atoms with E-state index < -0.39 is 17.9 Å². The number of aliphatic carboxylic acids is 3. The SMILES string of the molecule is CC(=O)CC1(CN)C[C@H](C)[C@@H](C)C1.CCC[C@@H](C)C[C@H](CN)CC(=O)O.CC[C@@H](C)C[C@H](N)CC(=O)O.CC[C@@H](C)C[C@H](N)CC(=O)O. The molecule has 1 aliphatic carbocycles. The summed E-state index contributed by atoms with van der Waals surface area (Å²) in [6.07, 6.45) is 10.3. The van der Waals surface area contributed by atoms with Gasteiger partial charge in [0, 0.05) is 24.9 Å². The van der Waals surface area contributed by atoms with E-state index in [2.05, 4.69) is 55.4 Å². The Balaban J connectivity index is -0.000000565. The Labute approximate surface area is 292 Å². The van der Waals surface area contributed by atoms with Crippen LogP contribution in [0.3, 0.4) is 0 Å². The Morgan fingerprint density at radius 1 is 0.708 bits per heavy atom. The average molecular weight is 689 g/mol. The topological polar surface area (TPSA) is 233 Å². The monoisotopic (exact) mass is 689 g/mol. The summed E-state index contributed by atoms with van der Waals surface area (Å²) in [5.41, 5.74) is 22.6. The first-order valence-corrected chi connectivity index (χ1v) is 18.3. The van der Waals surface area contributed by atoms with Crippen LogP contribution in [0.1, 0.15) is 146 Å². The van der Waals surface area contributed by atoms with Crippen molar-refractivity contribution in [1.82, 2.24) is 0 Å². The van der Waals surface area contributed by atoms with Crippen LogP contribution in [0.4, 0.5) is 0 Å². The molecule has 48 heavy (non-hydrogen) atoms. The lowest BCUT2D eigenvalue weighted by Crippen LogP contribution is -2.30. The van der Waals surface area contributed by atoms with E-state index in [1.165, 1.54) is 0 Å². The van der Waals surface area contributed by atoms with Crippen LogP contribution in [0, 0.1) is 40.9 Å². The van der Waals surface area contributed by atoms with Crippen molar-refractivity contribution in [2.45, 2.75) is 158 Å². The number of ketones is 1. The van der Waals surface area contributed by atoms with Gasteiger partial charge in [-0.1, -0.05) is 81.1 Å². The zero-order valence-corrected chi connectivity index (χ0v) is 32.0. The Kier molecular flexibility index (Phi) is 30.1. The van der Waals surface area contributed by atoms with Gasteiger partial charge in [-0.05, 0) is 93.0 Å². The van der Waals surface area contributed by atoms with Crippen molar-refractivity contribution in [3.8, 4) is 0 Å². The summed E-state index contributed by atoms with van der Waals surface area (Å²) in [5.74, 6) is 1.20. The maximum absolute atomic E-state index is 11.1. The van der Waals surface area contributed by atoms with Crippen LogP contribution in [0.15, 0.2) is 0 Å². The molecule has 1 saturated carbocycles. The molecule has 0 aromatic carbocycles. The smallest absolute Gasteiger partial charge is 0.304 e. The molecule has 1 fully saturated rings. The molecule has 286 valence electrons. The van der Waals surface area contributed by atoms with E-state index in [1.54, 1.807) is 6.92 Å². The number of carboxylic acids is 3. The van der Waals surface area contributed by atoms with Crippen LogP contribution in [-0.2, 0) is 19.2 Å². The molecule has 1 rings (SSSR count). The molecular weight excluding hydrogens is 612 g/mol. The van der Waals surface area contributed by atoms with E-state index in [9.17, 15) is 19.2 Å². The molecule has 0 spiro atoms. The van der Waals surface area contributed by atoms with Crippen molar-refractivity contribution in [2.75, 3.05) is 13.1 Å². The number of hydrogen-bond acceptors (Lipinski definition) is 8. The third kappa shape index (κ3) is 28.9. The first-order valence-electron chi connectivity index (χ1n) is 18.3. The minimum atomic E-state index is -0.805. The highest BCUT2D eigenvalue weighted by Crippen LogP contribution is 2.46. The van der Waals surface area contributed by atoms with Crippen LogP contribution < -0.4 is 22.9 Å². The summed E-state index contributed by atoms with van der Waals surface area (Å²) in [7, 11) is 0. The fourth-order valence-electron chi connectivity index (χ4n) is 6.43. The molecule has 0 radical (unpaired) electrons. The van der Waals surface area contributed by atoms with Gasteiger partial charge in [0.25, 0.3) is 0 Å². The molecule has 0 unspecified atom stereocenters. The van der Waals surface area contributed by atoms with E-state index in [1.807, 2.05) is 0 Å². The molecule has 0 bridgehead atoms. The van der Waals surface area contributed by atoms with Crippen molar-refractivity contribution >= 4 is 23.7 Å². The van der Waals surface area contributed by atoms with Crippen molar-refractivity contribution in [2.24, 2.45) is 63.9 Å². The quantitative estimate of drug-likeness (QED) is 0.0751. The van der Waals surface area contributed by atoms with Crippen LogP contribution in [-0.4, -0.2) is 64.2 Å². The minimum absolute atomic E-state index is 0.0876. The van der Waals surface area contributed by atoms with Gasteiger partial charge < -0.3 is 43.0 Å². The Morgan fingerprint density at radius 3 is 1.38 bits per heavy atom. The van der Waals surface area contributed by atoms with E-state index in [4.69, 9.17) is 38.3 Å². The predicted octanol–water partition coefficient (Wildman–Crippen LogP) is 6.29.